The molecule has 0 unspecified atom stereocenters. The highest BCUT2D eigenvalue weighted by Crippen LogP contribution is 2.32. The summed E-state index contributed by atoms with van der Waals surface area (Å²) < 4.78 is 0. The van der Waals surface area contributed by atoms with Crippen LogP contribution < -0.4 is 0 Å². The van der Waals surface area contributed by atoms with E-state index in [2.05, 4.69) is 87.5 Å². The molecule has 0 aliphatic carbocycles. The summed E-state index contributed by atoms with van der Waals surface area (Å²) in [5.74, 6) is 0. The van der Waals surface area contributed by atoms with Gasteiger partial charge in [-0.25, -0.2) is 0 Å². The second-order valence-electron chi connectivity index (χ2n) is 7.17. The molecule has 0 radical (unpaired) electrons. The lowest BCUT2D eigenvalue weighted by molar-refractivity contribution is 0.591. The Morgan fingerprint density at radius 2 is 1.27 bits per heavy atom. The van der Waals surface area contributed by atoms with Crippen LogP contribution in [0.3, 0.4) is 0 Å². The lowest BCUT2D eigenvalue weighted by Gasteiger charge is -2.19. The molecule has 0 atom stereocenters. The number of hydrogen-bond donors (Lipinski definition) is 0. The van der Waals surface area contributed by atoms with Crippen molar-refractivity contribution in [2.45, 2.75) is 26.2 Å². The first-order valence-corrected chi connectivity index (χ1v) is 7.88. The molecule has 4 aromatic carbocycles. The van der Waals surface area contributed by atoms with Gasteiger partial charge in [-0.2, -0.15) is 0 Å². The van der Waals surface area contributed by atoms with Crippen LogP contribution in [0.25, 0.3) is 32.3 Å². The van der Waals surface area contributed by atoms with Gasteiger partial charge in [0.1, 0.15) is 0 Å². The predicted octanol–water partition coefficient (Wildman–Crippen LogP) is 6.44. The molecule has 0 aromatic heterocycles. The highest BCUT2D eigenvalue weighted by Gasteiger charge is 2.14. The summed E-state index contributed by atoms with van der Waals surface area (Å²) in [4.78, 5) is 0. The van der Waals surface area contributed by atoms with Crippen molar-refractivity contribution in [3.05, 3.63) is 72.3 Å². The third kappa shape index (κ3) is 2.07. The zero-order chi connectivity index (χ0) is 15.3. The third-order valence-corrected chi connectivity index (χ3v) is 4.57. The number of hydrogen-bond acceptors (Lipinski definition) is 0. The van der Waals surface area contributed by atoms with E-state index in [1.807, 2.05) is 0 Å². The van der Waals surface area contributed by atoms with Crippen LogP contribution in [0.2, 0.25) is 0 Å². The molecule has 0 nitrogen and oxygen atoms in total. The molecule has 0 spiro atoms. The number of fused-ring (bicyclic) bond motifs is 4. The SMILES string of the molecule is CC(C)(C)c1ccc2cc3ccc4ccccc4c3cc2c1. The van der Waals surface area contributed by atoms with Crippen LogP contribution in [0.1, 0.15) is 26.3 Å². The summed E-state index contributed by atoms with van der Waals surface area (Å²) >= 11 is 0. The van der Waals surface area contributed by atoms with Gasteiger partial charge < -0.3 is 0 Å². The summed E-state index contributed by atoms with van der Waals surface area (Å²) in [6.45, 7) is 6.81. The zero-order valence-corrected chi connectivity index (χ0v) is 13.4. The maximum atomic E-state index is 2.35. The summed E-state index contributed by atoms with van der Waals surface area (Å²) in [7, 11) is 0. The van der Waals surface area contributed by atoms with Gasteiger partial charge in [-0.3, -0.25) is 0 Å². The molecule has 0 saturated heterocycles. The van der Waals surface area contributed by atoms with Crippen LogP contribution in [0.4, 0.5) is 0 Å². The van der Waals surface area contributed by atoms with Crippen molar-refractivity contribution in [1.82, 2.24) is 0 Å². The second-order valence-corrected chi connectivity index (χ2v) is 7.17. The van der Waals surface area contributed by atoms with Gasteiger partial charge in [0.05, 0.1) is 0 Å². The minimum Gasteiger partial charge on any atom is -0.0616 e. The second kappa shape index (κ2) is 4.58. The fraction of sp³-hybridized carbons (Fsp3) is 0.182. The Morgan fingerprint density at radius 3 is 2.09 bits per heavy atom. The van der Waals surface area contributed by atoms with Gasteiger partial charge in [0.2, 0.25) is 0 Å². The Morgan fingerprint density at radius 1 is 0.545 bits per heavy atom. The molecule has 4 rings (SSSR count). The highest BCUT2D eigenvalue weighted by atomic mass is 14.2. The van der Waals surface area contributed by atoms with E-state index in [0.29, 0.717) is 0 Å². The highest BCUT2D eigenvalue weighted by molar-refractivity contribution is 6.12. The van der Waals surface area contributed by atoms with Gasteiger partial charge in [0.25, 0.3) is 0 Å². The van der Waals surface area contributed by atoms with Gasteiger partial charge in [-0.15, -0.1) is 0 Å². The van der Waals surface area contributed by atoms with Crippen molar-refractivity contribution in [3.8, 4) is 0 Å². The van der Waals surface area contributed by atoms with Crippen molar-refractivity contribution in [2.24, 2.45) is 0 Å². The van der Waals surface area contributed by atoms with Gasteiger partial charge in [-0.1, -0.05) is 75.4 Å². The molecule has 0 heteroatoms. The van der Waals surface area contributed by atoms with Gasteiger partial charge >= 0.3 is 0 Å². The van der Waals surface area contributed by atoms with Gasteiger partial charge in [0.15, 0.2) is 0 Å². The molecule has 0 aliphatic rings. The van der Waals surface area contributed by atoms with Gasteiger partial charge in [0, 0.05) is 0 Å². The first-order valence-electron chi connectivity index (χ1n) is 7.88. The average Bonchev–Trinajstić information content (AvgIpc) is 2.51. The normalized spacial score (nSPS) is 12.3. The maximum Gasteiger partial charge on any atom is -0.00990 e. The molecular weight excluding hydrogens is 264 g/mol. The van der Waals surface area contributed by atoms with Crippen LogP contribution in [0, 0.1) is 0 Å². The van der Waals surface area contributed by atoms with Crippen molar-refractivity contribution >= 4 is 32.3 Å². The summed E-state index contributed by atoms with van der Waals surface area (Å²) in [6, 6.07) is 24.6. The Bertz CT molecular complexity index is 1000. The van der Waals surface area contributed by atoms with Crippen LogP contribution in [-0.2, 0) is 5.41 Å². The van der Waals surface area contributed by atoms with E-state index in [4.69, 9.17) is 0 Å². The predicted molar refractivity (Wildman–Crippen MR) is 97.7 cm³/mol. The van der Waals surface area contributed by atoms with E-state index in [9.17, 15) is 0 Å². The molecular formula is C22H20. The lowest BCUT2D eigenvalue weighted by atomic mass is 9.85. The average molecular weight is 284 g/mol. The van der Waals surface area contributed by atoms with Gasteiger partial charge in [-0.05, 0) is 55.4 Å². The number of rotatable bonds is 0. The van der Waals surface area contributed by atoms with Crippen molar-refractivity contribution in [3.63, 3.8) is 0 Å². The molecule has 0 N–H and O–H groups in total. The number of benzene rings is 4. The van der Waals surface area contributed by atoms with Crippen LogP contribution in [0.5, 0.6) is 0 Å². The fourth-order valence-corrected chi connectivity index (χ4v) is 3.22. The topological polar surface area (TPSA) is 0 Å². The summed E-state index contributed by atoms with van der Waals surface area (Å²) in [6.07, 6.45) is 0. The van der Waals surface area contributed by atoms with Crippen molar-refractivity contribution in [1.29, 1.82) is 0 Å². The molecule has 0 amide bonds. The van der Waals surface area contributed by atoms with Crippen LogP contribution in [0.15, 0.2) is 66.7 Å². The van der Waals surface area contributed by atoms with Crippen LogP contribution >= 0.6 is 0 Å². The Hall–Kier alpha value is -2.34. The smallest absolute Gasteiger partial charge is 0.00990 e. The van der Waals surface area contributed by atoms with E-state index in [1.165, 1.54) is 37.9 Å². The van der Waals surface area contributed by atoms with Crippen molar-refractivity contribution < 1.29 is 0 Å². The minimum absolute atomic E-state index is 0.182. The van der Waals surface area contributed by atoms with Crippen molar-refractivity contribution in [2.75, 3.05) is 0 Å². The van der Waals surface area contributed by atoms with Crippen LogP contribution in [-0.4, -0.2) is 0 Å². The largest absolute Gasteiger partial charge is 0.0616 e. The van der Waals surface area contributed by atoms with E-state index in [1.54, 1.807) is 0 Å². The molecule has 0 saturated carbocycles. The first-order chi connectivity index (χ1) is 10.5. The molecule has 0 bridgehead atoms. The molecule has 0 fully saturated rings. The Labute approximate surface area is 131 Å². The van der Waals surface area contributed by atoms with E-state index < -0.39 is 0 Å². The third-order valence-electron chi connectivity index (χ3n) is 4.57. The van der Waals surface area contributed by atoms with E-state index >= 15 is 0 Å². The quantitative estimate of drug-likeness (QED) is 0.257. The Kier molecular flexibility index (Phi) is 2.77. The minimum atomic E-state index is 0.182. The summed E-state index contributed by atoms with van der Waals surface area (Å²) in [5, 5.41) is 7.95. The fourth-order valence-electron chi connectivity index (χ4n) is 3.22. The molecule has 0 heterocycles. The lowest BCUT2D eigenvalue weighted by Crippen LogP contribution is -2.10. The Balaban J connectivity index is 2.10. The van der Waals surface area contributed by atoms with E-state index in [-0.39, 0.29) is 5.41 Å². The van der Waals surface area contributed by atoms with E-state index in [0.717, 1.165) is 0 Å². The standard InChI is InChI=1S/C22H20/c1-22(2,3)19-11-10-16-12-17-9-8-15-6-4-5-7-20(15)21(17)14-18(16)13-19/h4-14H,1-3H3. The molecule has 0 aliphatic heterocycles. The maximum absolute atomic E-state index is 2.35. The molecule has 22 heavy (non-hydrogen) atoms. The monoisotopic (exact) mass is 284 g/mol. The first kappa shape index (κ1) is 13.3. The molecule has 4 aromatic rings. The molecule has 108 valence electrons. The zero-order valence-electron chi connectivity index (χ0n) is 13.4. The summed E-state index contributed by atoms with van der Waals surface area (Å²) in [5.41, 5.74) is 1.57.